The molecule has 4 rings (SSSR count). The molecule has 0 aliphatic heterocycles. The van der Waals surface area contributed by atoms with Gasteiger partial charge in [-0.1, -0.05) is 56.0 Å². The molecule has 0 N–H and O–H groups in total. The summed E-state index contributed by atoms with van der Waals surface area (Å²) >= 11 is 5.71. The second kappa shape index (κ2) is 7.46. The molecule has 2 aliphatic carbocycles. The van der Waals surface area contributed by atoms with Gasteiger partial charge >= 0.3 is 0 Å². The van der Waals surface area contributed by atoms with Crippen LogP contribution in [0.5, 0.6) is 0 Å². The Hall–Kier alpha value is -1.15. The third-order valence-corrected chi connectivity index (χ3v) is 7.23. The fraction of sp³-hybridized carbons (Fsp3) is 0.565. The van der Waals surface area contributed by atoms with Crippen molar-refractivity contribution in [3.63, 3.8) is 0 Å². The average molecular weight is 377 g/mol. The van der Waals surface area contributed by atoms with Crippen LogP contribution in [0.4, 0.5) is 8.78 Å². The number of rotatable bonds is 3. The van der Waals surface area contributed by atoms with E-state index in [9.17, 15) is 8.78 Å². The van der Waals surface area contributed by atoms with Gasteiger partial charge in [-0.05, 0) is 72.8 Å². The van der Waals surface area contributed by atoms with Gasteiger partial charge in [-0.25, -0.2) is 8.78 Å². The van der Waals surface area contributed by atoms with E-state index in [0.29, 0.717) is 16.7 Å². The van der Waals surface area contributed by atoms with Crippen molar-refractivity contribution in [3.05, 3.63) is 46.5 Å². The van der Waals surface area contributed by atoms with Crippen LogP contribution in [0.15, 0.2) is 24.3 Å². The predicted molar refractivity (Wildman–Crippen MR) is 105 cm³/mol. The third kappa shape index (κ3) is 3.38. The molecular weight excluding hydrogens is 350 g/mol. The van der Waals surface area contributed by atoms with E-state index in [1.807, 2.05) is 12.1 Å². The van der Waals surface area contributed by atoms with E-state index < -0.39 is 16.7 Å². The summed E-state index contributed by atoms with van der Waals surface area (Å²) in [6.45, 7) is 2.29. The van der Waals surface area contributed by atoms with E-state index in [0.717, 1.165) is 17.8 Å². The Bertz CT molecular complexity index is 800. The van der Waals surface area contributed by atoms with E-state index in [-0.39, 0.29) is 0 Å². The number of halogens is 3. The van der Waals surface area contributed by atoms with E-state index in [1.54, 1.807) is 6.07 Å². The van der Waals surface area contributed by atoms with E-state index in [1.165, 1.54) is 63.0 Å². The van der Waals surface area contributed by atoms with Crippen LogP contribution in [0, 0.1) is 29.4 Å². The minimum atomic E-state index is -0.674. The van der Waals surface area contributed by atoms with Crippen molar-refractivity contribution in [1.29, 1.82) is 0 Å². The first-order valence-corrected chi connectivity index (χ1v) is 10.5. The Balaban J connectivity index is 1.53. The van der Waals surface area contributed by atoms with Gasteiger partial charge in [0, 0.05) is 5.39 Å². The van der Waals surface area contributed by atoms with Crippen molar-refractivity contribution in [3.8, 4) is 0 Å². The Morgan fingerprint density at radius 3 is 2.58 bits per heavy atom. The van der Waals surface area contributed by atoms with E-state index in [2.05, 4.69) is 6.92 Å². The van der Waals surface area contributed by atoms with Crippen LogP contribution in [0.3, 0.4) is 0 Å². The molecule has 3 heteroatoms. The Morgan fingerprint density at radius 2 is 1.77 bits per heavy atom. The maximum absolute atomic E-state index is 14.2. The summed E-state index contributed by atoms with van der Waals surface area (Å²) in [7, 11) is 0. The number of fused-ring (bicyclic) bond motifs is 2. The topological polar surface area (TPSA) is 0 Å². The zero-order chi connectivity index (χ0) is 18.3. The first-order chi connectivity index (χ1) is 12.6. The van der Waals surface area contributed by atoms with Gasteiger partial charge in [-0.2, -0.15) is 0 Å². The maximum Gasteiger partial charge on any atom is 0.152 e. The van der Waals surface area contributed by atoms with Crippen LogP contribution in [-0.2, 0) is 0 Å². The molecule has 2 aromatic rings. The highest BCUT2D eigenvalue weighted by atomic mass is 35.5. The van der Waals surface area contributed by atoms with E-state index in [4.69, 9.17) is 11.6 Å². The monoisotopic (exact) mass is 376 g/mol. The molecule has 2 saturated carbocycles. The second-order valence-electron chi connectivity index (χ2n) is 8.46. The summed E-state index contributed by atoms with van der Waals surface area (Å²) in [6.07, 6.45) is 10.6. The lowest BCUT2D eigenvalue weighted by atomic mass is 9.63. The first kappa shape index (κ1) is 18.2. The van der Waals surface area contributed by atoms with Crippen LogP contribution >= 0.6 is 11.6 Å². The molecule has 0 heterocycles. The fourth-order valence-electron chi connectivity index (χ4n) is 5.54. The lowest BCUT2D eigenvalue weighted by molar-refractivity contribution is 0.114. The Morgan fingerprint density at radius 1 is 1.00 bits per heavy atom. The first-order valence-electron chi connectivity index (χ1n) is 10.1. The number of hydrogen-bond donors (Lipinski definition) is 0. The molecule has 0 nitrogen and oxygen atoms in total. The molecule has 2 aromatic carbocycles. The highest BCUT2D eigenvalue weighted by Crippen LogP contribution is 2.48. The SMILES string of the molecule is CCCC1CCC2CC(c3ccc4c(F)c(Cl)c(F)cc4c3)CCC2C1. The summed E-state index contributed by atoms with van der Waals surface area (Å²) in [5.74, 6) is 1.86. The second-order valence-corrected chi connectivity index (χ2v) is 8.84. The van der Waals surface area contributed by atoms with Gasteiger partial charge in [0.2, 0.25) is 0 Å². The summed E-state index contributed by atoms with van der Waals surface area (Å²) in [5, 5.41) is 0.624. The largest absolute Gasteiger partial charge is 0.205 e. The van der Waals surface area contributed by atoms with Crippen molar-refractivity contribution < 1.29 is 8.78 Å². The zero-order valence-corrected chi connectivity index (χ0v) is 16.2. The molecule has 0 radical (unpaired) electrons. The normalized spacial score (nSPS) is 28.9. The highest BCUT2D eigenvalue weighted by Gasteiger charge is 2.35. The molecule has 4 unspecified atom stereocenters. The smallest absolute Gasteiger partial charge is 0.152 e. The zero-order valence-electron chi connectivity index (χ0n) is 15.4. The fourth-order valence-corrected chi connectivity index (χ4v) is 5.69. The van der Waals surface area contributed by atoms with Gasteiger partial charge in [-0.3, -0.25) is 0 Å². The molecule has 2 fully saturated rings. The molecule has 2 aliphatic rings. The summed E-state index contributed by atoms with van der Waals surface area (Å²) in [4.78, 5) is 0. The van der Waals surface area contributed by atoms with Gasteiger partial charge in [0.15, 0.2) is 5.82 Å². The van der Waals surface area contributed by atoms with Gasteiger partial charge < -0.3 is 0 Å². The van der Waals surface area contributed by atoms with Crippen LogP contribution in [0.2, 0.25) is 5.02 Å². The van der Waals surface area contributed by atoms with Crippen molar-refractivity contribution in [2.45, 2.75) is 64.2 Å². The predicted octanol–water partition coefficient (Wildman–Crippen LogP) is 7.87. The van der Waals surface area contributed by atoms with Gasteiger partial charge in [0.1, 0.15) is 10.8 Å². The molecule has 0 bridgehead atoms. The molecule has 0 amide bonds. The average Bonchev–Trinajstić information content (AvgIpc) is 2.65. The number of hydrogen-bond acceptors (Lipinski definition) is 0. The van der Waals surface area contributed by atoms with Crippen molar-refractivity contribution in [2.24, 2.45) is 17.8 Å². The van der Waals surface area contributed by atoms with Crippen LogP contribution in [-0.4, -0.2) is 0 Å². The maximum atomic E-state index is 14.2. The quantitative estimate of drug-likeness (QED) is 0.478. The standard InChI is InChI=1S/C23H27ClF2/c1-2-3-14-4-5-16-11-17(7-6-15(16)10-14)18-8-9-20-19(12-18)13-21(25)22(24)23(20)26/h8-9,12-17H,2-7,10-11H2,1H3. The lowest BCUT2D eigenvalue weighted by Gasteiger charge is -2.42. The molecule has 0 spiro atoms. The molecule has 0 aromatic heterocycles. The van der Waals surface area contributed by atoms with Gasteiger partial charge in [0.05, 0.1) is 0 Å². The molecule has 4 atom stereocenters. The molecule has 0 saturated heterocycles. The van der Waals surface area contributed by atoms with E-state index >= 15 is 0 Å². The summed E-state index contributed by atoms with van der Waals surface area (Å²) < 4.78 is 28.0. The van der Waals surface area contributed by atoms with Crippen LogP contribution in [0.1, 0.15) is 69.8 Å². The molecule has 26 heavy (non-hydrogen) atoms. The highest BCUT2D eigenvalue weighted by molar-refractivity contribution is 6.31. The van der Waals surface area contributed by atoms with Crippen LogP contribution < -0.4 is 0 Å². The Labute approximate surface area is 159 Å². The Kier molecular flexibility index (Phi) is 5.23. The van der Waals surface area contributed by atoms with Crippen molar-refractivity contribution >= 4 is 22.4 Å². The third-order valence-electron chi connectivity index (χ3n) is 6.89. The van der Waals surface area contributed by atoms with Gasteiger partial charge in [-0.15, -0.1) is 0 Å². The minimum absolute atomic E-state index is 0.408. The summed E-state index contributed by atoms with van der Waals surface area (Å²) in [5.41, 5.74) is 1.23. The van der Waals surface area contributed by atoms with Crippen LogP contribution in [0.25, 0.3) is 10.8 Å². The summed E-state index contributed by atoms with van der Waals surface area (Å²) in [6, 6.07) is 7.14. The molecular formula is C23H27ClF2. The van der Waals surface area contributed by atoms with Crippen molar-refractivity contribution in [2.75, 3.05) is 0 Å². The number of benzene rings is 2. The van der Waals surface area contributed by atoms with Crippen molar-refractivity contribution in [1.82, 2.24) is 0 Å². The lowest BCUT2D eigenvalue weighted by Crippen LogP contribution is -2.30. The minimum Gasteiger partial charge on any atom is -0.205 e. The van der Waals surface area contributed by atoms with Gasteiger partial charge in [0.25, 0.3) is 0 Å². The molecule has 140 valence electrons.